The fourth-order valence-electron chi connectivity index (χ4n) is 2.00. The fraction of sp³-hybridized carbons (Fsp3) is 0.438. The Labute approximate surface area is 150 Å². The SMILES string of the molecule is CCC(NC(=O)C(CCSC)NC(=O)c1ccccc1Cl)C(=O)O. The van der Waals surface area contributed by atoms with Gasteiger partial charge >= 0.3 is 5.97 Å². The summed E-state index contributed by atoms with van der Waals surface area (Å²) in [6, 6.07) is 4.73. The maximum Gasteiger partial charge on any atom is 0.326 e. The summed E-state index contributed by atoms with van der Waals surface area (Å²) in [5, 5.41) is 14.4. The molecule has 0 saturated heterocycles. The zero-order valence-corrected chi connectivity index (χ0v) is 15.1. The highest BCUT2D eigenvalue weighted by Crippen LogP contribution is 2.15. The molecule has 6 nitrogen and oxygen atoms in total. The van der Waals surface area contributed by atoms with E-state index in [9.17, 15) is 14.4 Å². The van der Waals surface area contributed by atoms with E-state index in [1.165, 1.54) is 11.8 Å². The number of benzene rings is 1. The molecular formula is C16H21ClN2O4S. The van der Waals surface area contributed by atoms with Gasteiger partial charge in [-0.3, -0.25) is 9.59 Å². The van der Waals surface area contributed by atoms with Crippen LogP contribution in [0, 0.1) is 0 Å². The van der Waals surface area contributed by atoms with Gasteiger partial charge < -0.3 is 15.7 Å². The molecule has 0 aliphatic heterocycles. The first-order chi connectivity index (χ1) is 11.4. The van der Waals surface area contributed by atoms with Crippen molar-refractivity contribution >= 4 is 41.1 Å². The predicted octanol–water partition coefficient (Wildman–Crippen LogP) is 2.17. The number of rotatable bonds is 9. The highest BCUT2D eigenvalue weighted by molar-refractivity contribution is 7.98. The van der Waals surface area contributed by atoms with Crippen molar-refractivity contribution in [1.29, 1.82) is 0 Å². The third-order valence-electron chi connectivity index (χ3n) is 3.37. The normalized spacial score (nSPS) is 13.0. The molecule has 8 heteroatoms. The third-order valence-corrected chi connectivity index (χ3v) is 4.35. The highest BCUT2D eigenvalue weighted by Gasteiger charge is 2.26. The van der Waals surface area contributed by atoms with Crippen LogP contribution in [0.4, 0.5) is 0 Å². The largest absolute Gasteiger partial charge is 0.480 e. The van der Waals surface area contributed by atoms with Crippen LogP contribution in [0.1, 0.15) is 30.1 Å². The number of nitrogens with one attached hydrogen (secondary N) is 2. The van der Waals surface area contributed by atoms with Gasteiger partial charge in [0.05, 0.1) is 10.6 Å². The lowest BCUT2D eigenvalue weighted by Crippen LogP contribution is -2.51. The Morgan fingerprint density at radius 1 is 1.21 bits per heavy atom. The Morgan fingerprint density at radius 2 is 1.88 bits per heavy atom. The molecule has 0 bridgehead atoms. The van der Waals surface area contributed by atoms with Gasteiger partial charge in [-0.2, -0.15) is 11.8 Å². The van der Waals surface area contributed by atoms with E-state index in [0.717, 1.165) is 0 Å². The predicted molar refractivity (Wildman–Crippen MR) is 95.6 cm³/mol. The van der Waals surface area contributed by atoms with Gasteiger partial charge in [0.25, 0.3) is 5.91 Å². The van der Waals surface area contributed by atoms with Crippen LogP contribution < -0.4 is 10.6 Å². The minimum Gasteiger partial charge on any atom is -0.480 e. The molecule has 0 aliphatic rings. The van der Waals surface area contributed by atoms with E-state index in [1.807, 2.05) is 6.26 Å². The number of thioether (sulfide) groups is 1. The van der Waals surface area contributed by atoms with Crippen molar-refractivity contribution in [1.82, 2.24) is 10.6 Å². The summed E-state index contributed by atoms with van der Waals surface area (Å²) in [7, 11) is 0. The molecule has 2 unspecified atom stereocenters. The molecule has 3 N–H and O–H groups in total. The van der Waals surface area contributed by atoms with Crippen molar-refractivity contribution in [3.05, 3.63) is 34.9 Å². The summed E-state index contributed by atoms with van der Waals surface area (Å²) in [5.74, 6) is -1.44. The first-order valence-corrected chi connectivity index (χ1v) is 9.25. The van der Waals surface area contributed by atoms with Crippen LogP contribution in [-0.4, -0.2) is 47.0 Å². The average molecular weight is 373 g/mol. The van der Waals surface area contributed by atoms with Crippen LogP contribution in [0.15, 0.2) is 24.3 Å². The minimum absolute atomic E-state index is 0.259. The number of halogens is 1. The van der Waals surface area contributed by atoms with Crippen LogP contribution in [0.3, 0.4) is 0 Å². The van der Waals surface area contributed by atoms with E-state index in [0.29, 0.717) is 12.2 Å². The lowest BCUT2D eigenvalue weighted by Gasteiger charge is -2.21. The molecule has 1 aromatic rings. The molecule has 0 heterocycles. The number of amides is 2. The standard InChI is InChI=1S/C16H21ClN2O4S/c1-3-12(16(22)23)18-15(21)13(8-9-24-2)19-14(20)10-6-4-5-7-11(10)17/h4-7,12-13H,3,8-9H2,1-2H3,(H,18,21)(H,19,20)(H,22,23). The van der Waals surface area contributed by atoms with Gasteiger partial charge in [0.2, 0.25) is 5.91 Å². The summed E-state index contributed by atoms with van der Waals surface area (Å²) in [5.41, 5.74) is 0.270. The number of hydrogen-bond acceptors (Lipinski definition) is 4. The molecule has 132 valence electrons. The second-order valence-corrected chi connectivity index (χ2v) is 6.49. The molecule has 0 radical (unpaired) electrons. The summed E-state index contributed by atoms with van der Waals surface area (Å²) in [6.45, 7) is 1.66. The molecule has 1 rings (SSSR count). The van der Waals surface area contributed by atoms with E-state index in [1.54, 1.807) is 31.2 Å². The Kier molecular flexibility index (Phi) is 8.63. The molecule has 1 aromatic carbocycles. The summed E-state index contributed by atoms with van der Waals surface area (Å²) in [6.07, 6.45) is 2.53. The quantitative estimate of drug-likeness (QED) is 0.617. The zero-order chi connectivity index (χ0) is 18.1. The average Bonchev–Trinajstić information content (AvgIpc) is 2.55. The van der Waals surface area contributed by atoms with E-state index in [2.05, 4.69) is 10.6 Å². The summed E-state index contributed by atoms with van der Waals surface area (Å²) >= 11 is 7.52. The third kappa shape index (κ3) is 6.05. The van der Waals surface area contributed by atoms with Gasteiger partial charge in [-0.25, -0.2) is 4.79 Å². The number of carboxylic acids is 1. The second-order valence-electron chi connectivity index (χ2n) is 5.10. The van der Waals surface area contributed by atoms with Crippen molar-refractivity contribution < 1.29 is 19.5 Å². The monoisotopic (exact) mass is 372 g/mol. The molecule has 2 atom stereocenters. The van der Waals surface area contributed by atoms with E-state index in [4.69, 9.17) is 16.7 Å². The summed E-state index contributed by atoms with van der Waals surface area (Å²) < 4.78 is 0. The Morgan fingerprint density at radius 3 is 2.42 bits per heavy atom. The number of hydrogen-bond donors (Lipinski definition) is 3. The van der Waals surface area contributed by atoms with Gasteiger partial charge in [0.15, 0.2) is 0 Å². The first-order valence-electron chi connectivity index (χ1n) is 7.48. The van der Waals surface area contributed by atoms with Crippen LogP contribution in [0.2, 0.25) is 5.02 Å². The molecule has 0 aliphatic carbocycles. The number of carboxylic acid groups (broad SMARTS) is 1. The first kappa shape index (κ1) is 20.3. The van der Waals surface area contributed by atoms with Crippen molar-refractivity contribution in [2.75, 3.05) is 12.0 Å². The molecule has 0 aromatic heterocycles. The zero-order valence-electron chi connectivity index (χ0n) is 13.5. The fourth-order valence-corrected chi connectivity index (χ4v) is 2.69. The maximum absolute atomic E-state index is 12.3. The molecule has 0 spiro atoms. The second kappa shape index (κ2) is 10.2. The number of carbonyl (C=O) groups excluding carboxylic acids is 2. The number of carbonyl (C=O) groups is 3. The summed E-state index contributed by atoms with van der Waals surface area (Å²) in [4.78, 5) is 35.7. The van der Waals surface area contributed by atoms with Crippen molar-refractivity contribution in [3.63, 3.8) is 0 Å². The maximum atomic E-state index is 12.3. The van der Waals surface area contributed by atoms with Crippen molar-refractivity contribution in [2.24, 2.45) is 0 Å². The van der Waals surface area contributed by atoms with Crippen LogP contribution >= 0.6 is 23.4 Å². The van der Waals surface area contributed by atoms with Gasteiger partial charge in [0, 0.05) is 0 Å². The molecular weight excluding hydrogens is 352 g/mol. The van der Waals surface area contributed by atoms with Gasteiger partial charge in [-0.15, -0.1) is 0 Å². The lowest BCUT2D eigenvalue weighted by atomic mass is 10.1. The van der Waals surface area contributed by atoms with E-state index in [-0.39, 0.29) is 17.0 Å². The molecule has 0 saturated carbocycles. The highest BCUT2D eigenvalue weighted by atomic mass is 35.5. The minimum atomic E-state index is -1.10. The number of aliphatic carboxylic acids is 1. The van der Waals surface area contributed by atoms with Gasteiger partial charge in [-0.1, -0.05) is 30.7 Å². The van der Waals surface area contributed by atoms with Crippen molar-refractivity contribution in [2.45, 2.75) is 31.8 Å². The van der Waals surface area contributed by atoms with Crippen LogP contribution in [0.25, 0.3) is 0 Å². The van der Waals surface area contributed by atoms with Gasteiger partial charge in [-0.05, 0) is 37.0 Å². The van der Waals surface area contributed by atoms with Crippen LogP contribution in [-0.2, 0) is 9.59 Å². The van der Waals surface area contributed by atoms with Crippen LogP contribution in [0.5, 0.6) is 0 Å². The van der Waals surface area contributed by atoms with Gasteiger partial charge in [0.1, 0.15) is 12.1 Å². The van der Waals surface area contributed by atoms with E-state index >= 15 is 0 Å². The molecule has 0 fully saturated rings. The lowest BCUT2D eigenvalue weighted by molar-refractivity contribution is -0.142. The molecule has 24 heavy (non-hydrogen) atoms. The Hall–Kier alpha value is -1.73. The topological polar surface area (TPSA) is 95.5 Å². The molecule has 2 amide bonds. The smallest absolute Gasteiger partial charge is 0.326 e. The van der Waals surface area contributed by atoms with E-state index < -0.39 is 29.9 Å². The Balaban J connectivity index is 2.84. The van der Waals surface area contributed by atoms with Crippen molar-refractivity contribution in [3.8, 4) is 0 Å². The Bertz CT molecular complexity index is 597.